The SMILES string of the molecule is CCOc1ncccc1-c1cc(N[C@@H]2CCOC2)c2c(cnn2C(C)C)n1. The van der Waals surface area contributed by atoms with Gasteiger partial charge in [-0.15, -0.1) is 0 Å². The third-order valence-corrected chi connectivity index (χ3v) is 4.66. The van der Waals surface area contributed by atoms with Crippen LogP contribution in [0.15, 0.2) is 30.6 Å². The summed E-state index contributed by atoms with van der Waals surface area (Å²) in [6.07, 6.45) is 4.55. The first kappa shape index (κ1) is 17.7. The number of nitrogens with one attached hydrogen (secondary N) is 1. The quantitative estimate of drug-likeness (QED) is 0.716. The fourth-order valence-corrected chi connectivity index (χ4v) is 3.41. The standard InChI is InChI=1S/C20H25N5O2/c1-4-27-20-15(6-5-8-21-20)16-10-17(23-14-7-9-26-12-14)19-18(24-16)11-22-25(19)13(2)3/h5-6,8,10-11,13-14H,4,7,9,12H2,1-3H3,(H,23,24)/t14-/m1/s1. The molecule has 142 valence electrons. The lowest BCUT2D eigenvalue weighted by molar-refractivity contribution is 0.195. The zero-order chi connectivity index (χ0) is 18.8. The average Bonchev–Trinajstić information content (AvgIpc) is 3.32. The molecule has 1 atom stereocenters. The summed E-state index contributed by atoms with van der Waals surface area (Å²) in [6, 6.07) is 6.49. The molecule has 4 heterocycles. The van der Waals surface area contributed by atoms with Crippen LogP contribution in [0.1, 0.15) is 33.2 Å². The Kier molecular flexibility index (Phi) is 4.94. The molecule has 0 saturated carbocycles. The predicted molar refractivity (Wildman–Crippen MR) is 105 cm³/mol. The molecule has 7 nitrogen and oxygen atoms in total. The lowest BCUT2D eigenvalue weighted by atomic mass is 10.1. The van der Waals surface area contributed by atoms with Crippen molar-refractivity contribution in [3.63, 3.8) is 0 Å². The first-order chi connectivity index (χ1) is 13.2. The van der Waals surface area contributed by atoms with Gasteiger partial charge in [0.2, 0.25) is 5.88 Å². The Morgan fingerprint density at radius 3 is 3.04 bits per heavy atom. The van der Waals surface area contributed by atoms with E-state index < -0.39 is 0 Å². The number of anilines is 1. The largest absolute Gasteiger partial charge is 0.477 e. The summed E-state index contributed by atoms with van der Waals surface area (Å²) in [5.74, 6) is 0.596. The number of rotatable bonds is 6. The van der Waals surface area contributed by atoms with E-state index in [-0.39, 0.29) is 6.04 Å². The van der Waals surface area contributed by atoms with Crippen molar-refractivity contribution in [3.05, 3.63) is 30.6 Å². The second-order valence-corrected chi connectivity index (χ2v) is 6.97. The van der Waals surface area contributed by atoms with Crippen molar-refractivity contribution in [2.24, 2.45) is 0 Å². The van der Waals surface area contributed by atoms with Gasteiger partial charge in [-0.3, -0.25) is 4.68 Å². The molecule has 1 fully saturated rings. The number of hydrogen-bond acceptors (Lipinski definition) is 6. The summed E-state index contributed by atoms with van der Waals surface area (Å²) in [7, 11) is 0. The maximum Gasteiger partial charge on any atom is 0.222 e. The molecule has 0 aromatic carbocycles. The molecule has 7 heteroatoms. The lowest BCUT2D eigenvalue weighted by Crippen LogP contribution is -2.20. The normalized spacial score (nSPS) is 17.0. The van der Waals surface area contributed by atoms with E-state index in [1.165, 1.54) is 0 Å². The van der Waals surface area contributed by atoms with Crippen LogP contribution in [0.25, 0.3) is 22.3 Å². The topological polar surface area (TPSA) is 74.1 Å². The van der Waals surface area contributed by atoms with Gasteiger partial charge in [-0.25, -0.2) is 9.97 Å². The summed E-state index contributed by atoms with van der Waals surface area (Å²) in [4.78, 5) is 9.22. The maximum atomic E-state index is 5.71. The van der Waals surface area contributed by atoms with Crippen LogP contribution < -0.4 is 10.1 Å². The number of fused-ring (bicyclic) bond motifs is 1. The highest BCUT2D eigenvalue weighted by Crippen LogP contribution is 2.33. The highest BCUT2D eigenvalue weighted by molar-refractivity contribution is 5.91. The molecule has 0 aliphatic carbocycles. The van der Waals surface area contributed by atoms with Crippen molar-refractivity contribution in [1.82, 2.24) is 19.7 Å². The first-order valence-corrected chi connectivity index (χ1v) is 9.48. The van der Waals surface area contributed by atoms with Crippen LogP contribution in [-0.4, -0.2) is 45.6 Å². The van der Waals surface area contributed by atoms with E-state index >= 15 is 0 Å². The van der Waals surface area contributed by atoms with Crippen molar-refractivity contribution >= 4 is 16.7 Å². The number of hydrogen-bond donors (Lipinski definition) is 1. The summed E-state index contributed by atoms with van der Waals surface area (Å²) >= 11 is 0. The van der Waals surface area contributed by atoms with Crippen LogP contribution in [0.5, 0.6) is 5.88 Å². The van der Waals surface area contributed by atoms with Gasteiger partial charge in [-0.05, 0) is 45.4 Å². The van der Waals surface area contributed by atoms with E-state index in [0.29, 0.717) is 25.1 Å². The van der Waals surface area contributed by atoms with Crippen LogP contribution in [0, 0.1) is 0 Å². The van der Waals surface area contributed by atoms with Gasteiger partial charge in [-0.2, -0.15) is 5.10 Å². The molecule has 0 unspecified atom stereocenters. The van der Waals surface area contributed by atoms with E-state index in [1.807, 2.05) is 29.9 Å². The third-order valence-electron chi connectivity index (χ3n) is 4.66. The molecule has 1 aliphatic heterocycles. The van der Waals surface area contributed by atoms with E-state index in [9.17, 15) is 0 Å². The zero-order valence-electron chi connectivity index (χ0n) is 16.0. The van der Waals surface area contributed by atoms with E-state index in [4.69, 9.17) is 14.5 Å². The second kappa shape index (κ2) is 7.52. The summed E-state index contributed by atoms with van der Waals surface area (Å²) in [6.45, 7) is 8.26. The molecule has 3 aromatic rings. The van der Waals surface area contributed by atoms with Crippen molar-refractivity contribution in [2.45, 2.75) is 39.3 Å². The van der Waals surface area contributed by atoms with Gasteiger partial charge in [0.25, 0.3) is 0 Å². The van der Waals surface area contributed by atoms with E-state index in [0.717, 1.165) is 41.0 Å². The number of ether oxygens (including phenoxy) is 2. The van der Waals surface area contributed by atoms with Crippen LogP contribution in [0.3, 0.4) is 0 Å². The van der Waals surface area contributed by atoms with Crippen LogP contribution in [0.4, 0.5) is 5.69 Å². The summed E-state index contributed by atoms with van der Waals surface area (Å²) in [5, 5.41) is 8.20. The number of aromatic nitrogens is 4. The monoisotopic (exact) mass is 367 g/mol. The van der Waals surface area contributed by atoms with Crippen molar-refractivity contribution in [1.29, 1.82) is 0 Å². The third kappa shape index (κ3) is 3.47. The highest BCUT2D eigenvalue weighted by Gasteiger charge is 2.21. The molecule has 1 aliphatic rings. The molecule has 0 spiro atoms. The number of pyridine rings is 2. The minimum absolute atomic E-state index is 0.243. The number of nitrogens with zero attached hydrogens (tertiary/aromatic N) is 4. The minimum atomic E-state index is 0.243. The molecule has 1 saturated heterocycles. The van der Waals surface area contributed by atoms with E-state index in [2.05, 4.69) is 35.3 Å². The molecule has 0 bridgehead atoms. The molecule has 1 N–H and O–H groups in total. The molecule has 3 aromatic heterocycles. The molecule has 27 heavy (non-hydrogen) atoms. The Labute approximate surface area is 158 Å². The lowest BCUT2D eigenvalue weighted by Gasteiger charge is -2.17. The van der Waals surface area contributed by atoms with Crippen molar-refractivity contribution in [2.75, 3.05) is 25.1 Å². The molecular formula is C20H25N5O2. The summed E-state index contributed by atoms with van der Waals surface area (Å²) in [5.41, 5.74) is 4.59. The average molecular weight is 367 g/mol. The van der Waals surface area contributed by atoms with Crippen LogP contribution in [-0.2, 0) is 4.74 Å². The van der Waals surface area contributed by atoms with Crippen LogP contribution >= 0.6 is 0 Å². The van der Waals surface area contributed by atoms with Gasteiger partial charge in [0, 0.05) is 18.8 Å². The van der Waals surface area contributed by atoms with Gasteiger partial charge in [0.05, 0.1) is 42.4 Å². The van der Waals surface area contributed by atoms with Gasteiger partial charge in [0.15, 0.2) is 0 Å². The van der Waals surface area contributed by atoms with Crippen molar-refractivity contribution in [3.8, 4) is 17.1 Å². The van der Waals surface area contributed by atoms with Gasteiger partial charge >= 0.3 is 0 Å². The molecule has 0 radical (unpaired) electrons. The van der Waals surface area contributed by atoms with Gasteiger partial charge in [0.1, 0.15) is 11.0 Å². The fraction of sp³-hybridized carbons (Fsp3) is 0.450. The highest BCUT2D eigenvalue weighted by atomic mass is 16.5. The Morgan fingerprint density at radius 2 is 2.30 bits per heavy atom. The minimum Gasteiger partial charge on any atom is -0.477 e. The molecule has 4 rings (SSSR count). The van der Waals surface area contributed by atoms with E-state index in [1.54, 1.807) is 6.20 Å². The Hall–Kier alpha value is -2.67. The Bertz CT molecular complexity index is 931. The van der Waals surface area contributed by atoms with Crippen LogP contribution in [0.2, 0.25) is 0 Å². The predicted octanol–water partition coefficient (Wildman–Crippen LogP) is 3.67. The van der Waals surface area contributed by atoms with Crippen molar-refractivity contribution < 1.29 is 9.47 Å². The fourth-order valence-electron chi connectivity index (χ4n) is 3.41. The first-order valence-electron chi connectivity index (χ1n) is 9.48. The maximum absolute atomic E-state index is 5.71. The smallest absolute Gasteiger partial charge is 0.222 e. The van der Waals surface area contributed by atoms with Gasteiger partial charge < -0.3 is 14.8 Å². The van der Waals surface area contributed by atoms with Gasteiger partial charge in [-0.1, -0.05) is 0 Å². The summed E-state index contributed by atoms with van der Waals surface area (Å²) < 4.78 is 13.3. The zero-order valence-corrected chi connectivity index (χ0v) is 16.0. The Balaban J connectivity index is 1.85. The second-order valence-electron chi connectivity index (χ2n) is 6.97. The Morgan fingerprint density at radius 1 is 1.41 bits per heavy atom. The molecular weight excluding hydrogens is 342 g/mol. The molecule has 0 amide bonds.